The Morgan fingerprint density at radius 2 is 1.49 bits per heavy atom. The lowest BCUT2D eigenvalue weighted by Gasteiger charge is -2.23. The molecule has 0 aliphatic rings. The zero-order valence-electron chi connectivity index (χ0n) is 25.4. The zero-order chi connectivity index (χ0) is 33.4. The van der Waals surface area contributed by atoms with Crippen molar-refractivity contribution in [1.29, 1.82) is 0 Å². The number of benzene rings is 2. The molecule has 0 saturated heterocycles. The predicted octanol–water partition coefficient (Wildman–Crippen LogP) is 0.864. The van der Waals surface area contributed by atoms with E-state index in [4.69, 9.17) is 5.73 Å². The molecule has 2 rings (SSSR count). The molecule has 13 nitrogen and oxygen atoms in total. The second-order valence-corrected chi connectivity index (χ2v) is 13.1. The van der Waals surface area contributed by atoms with Crippen LogP contribution in [0.3, 0.4) is 0 Å². The number of amides is 4. The van der Waals surface area contributed by atoms with E-state index in [-0.39, 0.29) is 31.4 Å². The third-order valence-corrected chi connectivity index (χ3v) is 8.53. The average Bonchev–Trinajstić information content (AvgIpc) is 3.00. The van der Waals surface area contributed by atoms with E-state index in [1.54, 1.807) is 42.5 Å². The molecule has 0 heterocycles. The topological polar surface area (TPSA) is 217 Å². The number of phenols is 1. The van der Waals surface area contributed by atoms with Gasteiger partial charge in [-0.05, 0) is 54.5 Å². The normalized spacial score (nSPS) is 14.0. The summed E-state index contributed by atoms with van der Waals surface area (Å²) in [4.78, 5) is 51.8. The number of rotatable bonds is 19. The largest absolute Gasteiger partial charge is 0.508 e. The lowest BCUT2D eigenvalue weighted by atomic mass is 10.0. The Hall–Kier alpha value is -3.66. The van der Waals surface area contributed by atoms with Crippen LogP contribution in [-0.2, 0) is 42.1 Å². The van der Waals surface area contributed by atoms with Crippen molar-refractivity contribution in [1.82, 2.24) is 21.3 Å². The van der Waals surface area contributed by atoms with Crippen molar-refractivity contribution in [2.45, 2.75) is 68.9 Å². The first-order valence-electron chi connectivity index (χ1n) is 14.5. The molecule has 0 radical (unpaired) electrons. The standard InChI is InChI=1S/C30H43N5O8S2/c1-3-4-10-27(45(41,42)43)35-30(40)25(18-20-8-6-5-7-9-20)33-26(37)19-32-29(39)24(15-16-44-2)34-28(38)23(31)17-21-11-13-22(36)14-12-21/h5-9,11-14,23-25,27,36H,3-4,10,15-19,31H2,1-2H3,(H,32,39)(H,33,37)(H,34,38)(H,35,40)(H,41,42,43)/t23-,24+,25+,27?/m0/s1. The van der Waals surface area contributed by atoms with Gasteiger partial charge in [-0.3, -0.25) is 23.7 Å². The minimum atomic E-state index is -4.60. The first-order valence-corrected chi connectivity index (χ1v) is 17.4. The number of carbonyl (C=O) groups is 4. The van der Waals surface area contributed by atoms with Gasteiger partial charge in [0.05, 0.1) is 12.6 Å². The molecule has 8 N–H and O–H groups in total. The van der Waals surface area contributed by atoms with E-state index in [1.807, 2.05) is 13.2 Å². The molecule has 0 bridgehead atoms. The predicted molar refractivity (Wildman–Crippen MR) is 173 cm³/mol. The molecule has 0 fully saturated rings. The van der Waals surface area contributed by atoms with Gasteiger partial charge < -0.3 is 32.1 Å². The molecule has 0 aliphatic carbocycles. The summed E-state index contributed by atoms with van der Waals surface area (Å²) in [5, 5.41) is 17.9. The Morgan fingerprint density at radius 3 is 2.09 bits per heavy atom. The molecule has 2 aromatic carbocycles. The summed E-state index contributed by atoms with van der Waals surface area (Å²) in [7, 11) is -4.60. The van der Waals surface area contributed by atoms with Crippen molar-refractivity contribution >= 4 is 45.5 Å². The number of phenolic OH excluding ortho intramolecular Hbond substituents is 1. The van der Waals surface area contributed by atoms with Crippen LogP contribution in [0.1, 0.15) is 43.7 Å². The van der Waals surface area contributed by atoms with Crippen molar-refractivity contribution in [3.8, 4) is 5.75 Å². The van der Waals surface area contributed by atoms with Crippen molar-refractivity contribution < 1.29 is 37.3 Å². The van der Waals surface area contributed by atoms with E-state index >= 15 is 0 Å². The lowest BCUT2D eigenvalue weighted by Crippen LogP contribution is -2.55. The van der Waals surface area contributed by atoms with Crippen LogP contribution in [0.15, 0.2) is 54.6 Å². The van der Waals surface area contributed by atoms with Crippen molar-refractivity contribution in [3.05, 3.63) is 65.7 Å². The summed E-state index contributed by atoms with van der Waals surface area (Å²) < 4.78 is 33.4. The molecule has 2 aromatic rings. The summed E-state index contributed by atoms with van der Waals surface area (Å²) in [6.45, 7) is 1.30. The second-order valence-electron chi connectivity index (χ2n) is 10.5. The quantitative estimate of drug-likeness (QED) is 0.105. The molecule has 0 spiro atoms. The van der Waals surface area contributed by atoms with E-state index in [1.165, 1.54) is 23.9 Å². The van der Waals surface area contributed by atoms with Gasteiger partial charge >= 0.3 is 0 Å². The first-order chi connectivity index (χ1) is 21.3. The Kier molecular flexibility index (Phi) is 15.8. The summed E-state index contributed by atoms with van der Waals surface area (Å²) >= 11 is 1.46. The molecule has 248 valence electrons. The highest BCUT2D eigenvalue weighted by Crippen LogP contribution is 2.12. The molecule has 1 unspecified atom stereocenters. The number of nitrogens with one attached hydrogen (secondary N) is 4. The summed E-state index contributed by atoms with van der Waals surface area (Å²) in [6, 6.07) is 11.8. The SMILES string of the molecule is CCCCC(NC(=O)[C@@H](Cc1ccccc1)NC(=O)CNC(=O)[C@@H](CCSC)NC(=O)[C@@H](N)Cc1ccc(O)cc1)S(=O)(=O)O. The highest BCUT2D eigenvalue weighted by atomic mass is 32.2. The molecule has 0 aromatic heterocycles. The maximum Gasteiger partial charge on any atom is 0.286 e. The molecular formula is C30H43N5O8S2. The van der Waals surface area contributed by atoms with Gasteiger partial charge in [0.25, 0.3) is 10.1 Å². The number of carbonyl (C=O) groups excluding carboxylic acids is 4. The van der Waals surface area contributed by atoms with Crippen molar-refractivity contribution in [2.24, 2.45) is 5.73 Å². The van der Waals surface area contributed by atoms with E-state index in [0.717, 1.165) is 5.56 Å². The molecule has 4 atom stereocenters. The molecular weight excluding hydrogens is 622 g/mol. The van der Waals surface area contributed by atoms with Gasteiger partial charge in [-0.15, -0.1) is 0 Å². The lowest BCUT2D eigenvalue weighted by molar-refractivity contribution is -0.132. The van der Waals surface area contributed by atoms with Crippen molar-refractivity contribution in [2.75, 3.05) is 18.6 Å². The summed E-state index contributed by atoms with van der Waals surface area (Å²) in [5.74, 6) is -2.12. The van der Waals surface area contributed by atoms with Crippen LogP contribution in [0.5, 0.6) is 5.75 Å². The van der Waals surface area contributed by atoms with E-state index in [9.17, 15) is 37.3 Å². The fourth-order valence-electron chi connectivity index (χ4n) is 4.30. The van der Waals surface area contributed by atoms with Gasteiger partial charge in [0.15, 0.2) is 5.37 Å². The molecule has 0 aliphatic heterocycles. The van der Waals surface area contributed by atoms with Crippen LogP contribution >= 0.6 is 11.8 Å². The number of thioether (sulfide) groups is 1. The Labute approximate surface area is 268 Å². The summed E-state index contributed by atoms with van der Waals surface area (Å²) in [6.07, 6.45) is 3.35. The third kappa shape index (κ3) is 13.9. The first kappa shape index (κ1) is 37.5. The fourth-order valence-corrected chi connectivity index (χ4v) is 5.50. The number of nitrogens with two attached hydrogens (primary N) is 1. The number of hydrogen-bond acceptors (Lipinski definition) is 9. The Bertz CT molecular complexity index is 1360. The van der Waals surface area contributed by atoms with Gasteiger partial charge in [0.2, 0.25) is 23.6 Å². The Morgan fingerprint density at radius 1 is 0.844 bits per heavy atom. The second kappa shape index (κ2) is 19.0. The van der Waals surface area contributed by atoms with E-state index in [2.05, 4.69) is 21.3 Å². The van der Waals surface area contributed by atoms with Crippen LogP contribution in [0, 0.1) is 0 Å². The van der Waals surface area contributed by atoms with Crippen LogP contribution in [0.25, 0.3) is 0 Å². The van der Waals surface area contributed by atoms with Gasteiger partial charge in [-0.1, -0.05) is 62.2 Å². The zero-order valence-corrected chi connectivity index (χ0v) is 27.0. The number of unbranched alkanes of at least 4 members (excludes halogenated alkanes) is 1. The number of aromatic hydroxyl groups is 1. The molecule has 45 heavy (non-hydrogen) atoms. The van der Waals surface area contributed by atoms with Gasteiger partial charge in [0.1, 0.15) is 17.8 Å². The van der Waals surface area contributed by atoms with E-state index in [0.29, 0.717) is 24.2 Å². The van der Waals surface area contributed by atoms with Crippen LogP contribution in [0.2, 0.25) is 0 Å². The average molecular weight is 666 g/mol. The number of hydrogen-bond donors (Lipinski definition) is 7. The highest BCUT2D eigenvalue weighted by Gasteiger charge is 2.30. The fraction of sp³-hybridized carbons (Fsp3) is 0.467. The maximum absolute atomic E-state index is 13.1. The highest BCUT2D eigenvalue weighted by molar-refractivity contribution is 7.98. The van der Waals surface area contributed by atoms with Gasteiger partial charge in [0, 0.05) is 6.42 Å². The van der Waals surface area contributed by atoms with Crippen LogP contribution in [0.4, 0.5) is 0 Å². The molecule has 15 heteroatoms. The Balaban J connectivity index is 2.06. The molecule has 4 amide bonds. The van der Waals surface area contributed by atoms with Crippen molar-refractivity contribution in [3.63, 3.8) is 0 Å². The van der Waals surface area contributed by atoms with Gasteiger partial charge in [-0.25, -0.2) is 0 Å². The monoisotopic (exact) mass is 665 g/mol. The van der Waals surface area contributed by atoms with Crippen LogP contribution in [-0.4, -0.2) is 83.8 Å². The maximum atomic E-state index is 13.1. The van der Waals surface area contributed by atoms with E-state index < -0.39 is 63.8 Å². The smallest absolute Gasteiger partial charge is 0.286 e. The minimum Gasteiger partial charge on any atom is -0.508 e. The summed E-state index contributed by atoms with van der Waals surface area (Å²) in [5.41, 5.74) is 7.46. The third-order valence-electron chi connectivity index (χ3n) is 6.81. The minimum absolute atomic E-state index is 0.00904. The van der Waals surface area contributed by atoms with Crippen LogP contribution < -0.4 is 27.0 Å². The molecule has 0 saturated carbocycles. The van der Waals surface area contributed by atoms with Gasteiger partial charge in [-0.2, -0.15) is 20.2 Å².